The summed E-state index contributed by atoms with van der Waals surface area (Å²) in [5.41, 5.74) is 0. The fourth-order valence-electron chi connectivity index (χ4n) is 0.996. The normalized spacial score (nSPS) is 11.6. The third-order valence-corrected chi connectivity index (χ3v) is 2.31. The van der Waals surface area contributed by atoms with Crippen LogP contribution in [0.3, 0.4) is 0 Å². The molecule has 0 heterocycles. The number of hydrogen-bond acceptors (Lipinski definition) is 2. The van der Waals surface area contributed by atoms with Crippen LogP contribution in [0.1, 0.15) is 39.0 Å². The molecule has 0 bridgehead atoms. The van der Waals surface area contributed by atoms with E-state index in [0.29, 0.717) is 0 Å². The first kappa shape index (κ1) is 17.1. The van der Waals surface area contributed by atoms with Gasteiger partial charge in [0.05, 0.1) is 5.75 Å². The quantitative estimate of drug-likeness (QED) is 0.314. The Bertz CT molecular complexity index is 234. The molecule has 80 valence electrons. The van der Waals surface area contributed by atoms with Crippen molar-refractivity contribution in [3.63, 3.8) is 0 Å². The van der Waals surface area contributed by atoms with Gasteiger partial charge in [0.1, 0.15) is 0 Å². The summed E-state index contributed by atoms with van der Waals surface area (Å²) in [6.07, 6.45) is 8.92. The van der Waals surface area contributed by atoms with E-state index in [2.05, 4.69) is 6.92 Å². The first-order valence-electron chi connectivity index (χ1n) is 4.66. The van der Waals surface area contributed by atoms with Gasteiger partial charge in [0.15, 0.2) is 0 Å². The molecule has 3 nitrogen and oxygen atoms in total. The number of allylic oxidation sites excluding steroid dienone is 1. The molecule has 0 saturated carbocycles. The van der Waals surface area contributed by atoms with Crippen molar-refractivity contribution in [2.45, 2.75) is 39.0 Å². The van der Waals surface area contributed by atoms with Crippen molar-refractivity contribution in [3.8, 4) is 0 Å². The topological polar surface area (TPSA) is 54.4 Å². The summed E-state index contributed by atoms with van der Waals surface area (Å²) in [4.78, 5) is 0. The van der Waals surface area contributed by atoms with Crippen LogP contribution in [-0.4, -0.2) is 48.3 Å². The van der Waals surface area contributed by atoms with Crippen molar-refractivity contribution < 1.29 is 13.0 Å². The van der Waals surface area contributed by atoms with Crippen LogP contribution in [0.4, 0.5) is 0 Å². The molecule has 0 rings (SSSR count). The molecular weight excluding hydrogens is 211 g/mol. The molecule has 0 unspecified atom stereocenters. The summed E-state index contributed by atoms with van der Waals surface area (Å²) in [5.74, 6) is -0.263. The van der Waals surface area contributed by atoms with Gasteiger partial charge in [-0.2, -0.15) is 8.42 Å². The minimum absolute atomic E-state index is 0. The molecule has 0 aromatic rings. The SMILES string of the molecule is CCCCCC/C=C/CS(=O)(=O)O.[NaH]. The van der Waals surface area contributed by atoms with Gasteiger partial charge < -0.3 is 0 Å². The fourth-order valence-corrected chi connectivity index (χ4v) is 1.38. The molecule has 1 N–H and O–H groups in total. The third-order valence-electron chi connectivity index (χ3n) is 1.70. The van der Waals surface area contributed by atoms with Crippen molar-refractivity contribution >= 4 is 39.7 Å². The van der Waals surface area contributed by atoms with Crippen LogP contribution in [0.25, 0.3) is 0 Å². The average molecular weight is 230 g/mol. The summed E-state index contributed by atoms with van der Waals surface area (Å²) in [5, 5.41) is 0. The Labute approximate surface area is 109 Å². The maximum atomic E-state index is 10.3. The van der Waals surface area contributed by atoms with Gasteiger partial charge in [-0.1, -0.05) is 38.3 Å². The van der Waals surface area contributed by atoms with Gasteiger partial charge in [-0.05, 0) is 12.8 Å². The first-order valence-corrected chi connectivity index (χ1v) is 6.27. The standard InChI is InChI=1S/C9H18O3S.Na.H/c1-2-3-4-5-6-7-8-9-13(10,11)12;;/h7-8H,2-6,9H2,1H3,(H,10,11,12);;/b8-7+;;. The van der Waals surface area contributed by atoms with Crippen LogP contribution in [0, 0.1) is 0 Å². The fraction of sp³-hybridized carbons (Fsp3) is 0.778. The number of rotatable bonds is 7. The molecule has 0 saturated heterocycles. The molecule has 0 spiro atoms. The molecular formula is C9H19NaO3S. The second kappa shape index (κ2) is 10.2. The minimum atomic E-state index is -3.81. The summed E-state index contributed by atoms with van der Waals surface area (Å²) in [7, 11) is -3.81. The van der Waals surface area contributed by atoms with Gasteiger partial charge in [0.2, 0.25) is 0 Å². The Morgan fingerprint density at radius 3 is 2.29 bits per heavy atom. The first-order chi connectivity index (χ1) is 6.06. The zero-order valence-electron chi connectivity index (χ0n) is 8.07. The monoisotopic (exact) mass is 230 g/mol. The van der Waals surface area contributed by atoms with Crippen molar-refractivity contribution in [1.82, 2.24) is 0 Å². The van der Waals surface area contributed by atoms with Crippen LogP contribution in [0.2, 0.25) is 0 Å². The molecule has 0 aliphatic carbocycles. The van der Waals surface area contributed by atoms with E-state index >= 15 is 0 Å². The molecule has 0 radical (unpaired) electrons. The number of unbranched alkanes of at least 4 members (excludes halogenated alkanes) is 4. The summed E-state index contributed by atoms with van der Waals surface area (Å²) in [6, 6.07) is 0. The van der Waals surface area contributed by atoms with Crippen LogP contribution < -0.4 is 0 Å². The molecule has 0 aromatic heterocycles. The van der Waals surface area contributed by atoms with Gasteiger partial charge in [0, 0.05) is 0 Å². The summed E-state index contributed by atoms with van der Waals surface area (Å²) < 4.78 is 28.9. The predicted octanol–water partition coefficient (Wildman–Crippen LogP) is 1.75. The maximum absolute atomic E-state index is 10.3. The van der Waals surface area contributed by atoms with Gasteiger partial charge in [-0.15, -0.1) is 0 Å². The Hall–Kier alpha value is 0.650. The van der Waals surface area contributed by atoms with Gasteiger partial charge in [0.25, 0.3) is 10.1 Å². The molecule has 0 aliphatic rings. The molecule has 0 aromatic carbocycles. The van der Waals surface area contributed by atoms with Crippen molar-refractivity contribution in [1.29, 1.82) is 0 Å². The molecule has 0 fully saturated rings. The second-order valence-corrected chi connectivity index (χ2v) is 4.57. The Balaban J connectivity index is 0. The van der Waals surface area contributed by atoms with Crippen LogP contribution >= 0.6 is 0 Å². The van der Waals surface area contributed by atoms with Crippen LogP contribution in [0.15, 0.2) is 12.2 Å². The zero-order chi connectivity index (χ0) is 10.2. The molecule has 0 aliphatic heterocycles. The van der Waals surface area contributed by atoms with E-state index in [9.17, 15) is 8.42 Å². The van der Waals surface area contributed by atoms with E-state index in [-0.39, 0.29) is 35.3 Å². The van der Waals surface area contributed by atoms with Gasteiger partial charge in [-0.3, -0.25) is 4.55 Å². The summed E-state index contributed by atoms with van der Waals surface area (Å²) >= 11 is 0. The number of hydrogen-bond donors (Lipinski definition) is 1. The molecule has 0 amide bonds. The van der Waals surface area contributed by atoms with Crippen molar-refractivity contribution in [2.24, 2.45) is 0 Å². The second-order valence-electron chi connectivity index (χ2n) is 3.07. The van der Waals surface area contributed by atoms with Crippen molar-refractivity contribution in [3.05, 3.63) is 12.2 Å². The Kier molecular flexibility index (Phi) is 12.4. The summed E-state index contributed by atoms with van der Waals surface area (Å²) in [6.45, 7) is 2.15. The third kappa shape index (κ3) is 15.1. The van der Waals surface area contributed by atoms with E-state index in [1.165, 1.54) is 25.3 Å². The average Bonchev–Trinajstić information content (AvgIpc) is 2.01. The molecule has 14 heavy (non-hydrogen) atoms. The Morgan fingerprint density at radius 2 is 1.79 bits per heavy atom. The van der Waals surface area contributed by atoms with E-state index < -0.39 is 10.1 Å². The van der Waals surface area contributed by atoms with Gasteiger partial charge in [-0.25, -0.2) is 0 Å². The predicted molar refractivity (Wildman–Crippen MR) is 61.5 cm³/mol. The van der Waals surface area contributed by atoms with E-state index in [0.717, 1.165) is 12.8 Å². The zero-order valence-corrected chi connectivity index (χ0v) is 8.89. The van der Waals surface area contributed by atoms with Crippen LogP contribution in [-0.2, 0) is 10.1 Å². The van der Waals surface area contributed by atoms with Gasteiger partial charge >= 0.3 is 29.6 Å². The molecule has 0 atom stereocenters. The van der Waals surface area contributed by atoms with Crippen molar-refractivity contribution in [2.75, 3.05) is 5.75 Å². The Morgan fingerprint density at radius 1 is 1.14 bits per heavy atom. The molecule has 5 heteroatoms. The van der Waals surface area contributed by atoms with E-state index in [1.54, 1.807) is 0 Å². The van der Waals surface area contributed by atoms with E-state index in [1.807, 2.05) is 6.08 Å². The van der Waals surface area contributed by atoms with E-state index in [4.69, 9.17) is 4.55 Å². The van der Waals surface area contributed by atoms with Crippen LogP contribution in [0.5, 0.6) is 0 Å².